The molecule has 1 aliphatic carbocycles. The van der Waals surface area contributed by atoms with Gasteiger partial charge in [0.1, 0.15) is 5.78 Å². The van der Waals surface area contributed by atoms with Crippen LogP contribution in [0.4, 0.5) is 0 Å². The van der Waals surface area contributed by atoms with Gasteiger partial charge < -0.3 is 0 Å². The highest BCUT2D eigenvalue weighted by Crippen LogP contribution is 2.36. The van der Waals surface area contributed by atoms with Crippen molar-refractivity contribution in [1.29, 1.82) is 0 Å². The largest absolute Gasteiger partial charge is 0.298 e. The molecular formula is C17H22OS. The van der Waals surface area contributed by atoms with Crippen LogP contribution in [0.1, 0.15) is 55.6 Å². The Morgan fingerprint density at radius 1 is 1.16 bits per heavy atom. The standard InChI is InChI=1S/C17H22OS/c18-16(17-10-3-4-11-19-17)12-14-8-5-7-13-6-1-2-9-15(13)14/h1-2,6,9,14,17H,3-5,7-8,10-12H2. The van der Waals surface area contributed by atoms with E-state index in [1.54, 1.807) is 0 Å². The monoisotopic (exact) mass is 274 g/mol. The fourth-order valence-electron chi connectivity index (χ4n) is 3.44. The lowest BCUT2D eigenvalue weighted by atomic mass is 9.80. The normalized spacial score (nSPS) is 26.7. The Hall–Kier alpha value is -0.760. The Kier molecular flexibility index (Phi) is 4.27. The van der Waals surface area contributed by atoms with Gasteiger partial charge in [0.2, 0.25) is 0 Å². The van der Waals surface area contributed by atoms with Crippen LogP contribution >= 0.6 is 11.8 Å². The van der Waals surface area contributed by atoms with E-state index >= 15 is 0 Å². The topological polar surface area (TPSA) is 17.1 Å². The molecule has 2 heteroatoms. The maximum Gasteiger partial charge on any atom is 0.146 e. The fourth-order valence-corrected chi connectivity index (χ4v) is 4.71. The highest BCUT2D eigenvalue weighted by molar-refractivity contribution is 8.00. The number of hydrogen-bond acceptors (Lipinski definition) is 2. The third-order valence-electron chi connectivity index (χ3n) is 4.48. The molecule has 102 valence electrons. The van der Waals surface area contributed by atoms with E-state index in [0.717, 1.165) is 12.8 Å². The fraction of sp³-hybridized carbons (Fsp3) is 0.588. The third-order valence-corrected chi connectivity index (χ3v) is 5.91. The molecule has 0 radical (unpaired) electrons. The van der Waals surface area contributed by atoms with Gasteiger partial charge in [0.15, 0.2) is 0 Å². The first-order chi connectivity index (χ1) is 9.34. The van der Waals surface area contributed by atoms with Crippen LogP contribution in [-0.2, 0) is 11.2 Å². The zero-order chi connectivity index (χ0) is 13.1. The summed E-state index contributed by atoms with van der Waals surface area (Å²) in [6.45, 7) is 0. The number of ketones is 1. The molecule has 1 aliphatic heterocycles. The molecule has 1 aromatic rings. The second-order valence-corrected chi connectivity index (χ2v) is 7.12. The van der Waals surface area contributed by atoms with Crippen molar-refractivity contribution in [3.8, 4) is 0 Å². The average Bonchev–Trinajstić information content (AvgIpc) is 2.48. The number of fused-ring (bicyclic) bond motifs is 1. The van der Waals surface area contributed by atoms with E-state index in [1.165, 1.54) is 49.0 Å². The summed E-state index contributed by atoms with van der Waals surface area (Å²) in [6, 6.07) is 8.72. The molecule has 0 N–H and O–H groups in total. The van der Waals surface area contributed by atoms with Crippen molar-refractivity contribution in [1.82, 2.24) is 0 Å². The maximum absolute atomic E-state index is 12.5. The van der Waals surface area contributed by atoms with Gasteiger partial charge in [-0.15, -0.1) is 0 Å². The van der Waals surface area contributed by atoms with Crippen molar-refractivity contribution in [3.05, 3.63) is 35.4 Å². The van der Waals surface area contributed by atoms with E-state index in [9.17, 15) is 4.79 Å². The number of hydrogen-bond donors (Lipinski definition) is 0. The van der Waals surface area contributed by atoms with Crippen molar-refractivity contribution in [2.75, 3.05) is 5.75 Å². The van der Waals surface area contributed by atoms with E-state index in [-0.39, 0.29) is 0 Å². The third kappa shape index (κ3) is 3.05. The van der Waals surface area contributed by atoms with Crippen molar-refractivity contribution in [2.24, 2.45) is 0 Å². The van der Waals surface area contributed by atoms with Crippen LogP contribution in [0, 0.1) is 0 Å². The van der Waals surface area contributed by atoms with Crippen LogP contribution < -0.4 is 0 Å². The van der Waals surface area contributed by atoms with Crippen LogP contribution in [-0.4, -0.2) is 16.8 Å². The molecule has 2 atom stereocenters. The maximum atomic E-state index is 12.5. The van der Waals surface area contributed by atoms with Gasteiger partial charge in [-0.25, -0.2) is 0 Å². The van der Waals surface area contributed by atoms with Crippen molar-refractivity contribution >= 4 is 17.5 Å². The summed E-state index contributed by atoms with van der Waals surface area (Å²) in [7, 11) is 0. The van der Waals surface area contributed by atoms with Gasteiger partial charge in [-0.05, 0) is 54.9 Å². The molecule has 0 aromatic heterocycles. The van der Waals surface area contributed by atoms with Crippen LogP contribution in [0.15, 0.2) is 24.3 Å². The Morgan fingerprint density at radius 3 is 2.89 bits per heavy atom. The van der Waals surface area contributed by atoms with Gasteiger partial charge in [-0.2, -0.15) is 11.8 Å². The molecule has 0 bridgehead atoms. The molecule has 1 fully saturated rings. The molecule has 3 rings (SSSR count). The lowest BCUT2D eigenvalue weighted by Crippen LogP contribution is -2.24. The van der Waals surface area contributed by atoms with Crippen LogP contribution in [0.2, 0.25) is 0 Å². The van der Waals surface area contributed by atoms with Crippen LogP contribution in [0.5, 0.6) is 0 Å². The number of carbonyl (C=O) groups is 1. The number of Topliss-reactive ketones (excluding diaryl/α,β-unsaturated/α-hetero) is 1. The molecule has 2 aliphatic rings. The summed E-state index contributed by atoms with van der Waals surface area (Å²) in [5, 5.41) is 0.294. The van der Waals surface area contributed by atoms with Crippen LogP contribution in [0.25, 0.3) is 0 Å². The lowest BCUT2D eigenvalue weighted by Gasteiger charge is -2.27. The SMILES string of the molecule is O=C(CC1CCCc2ccccc21)C1CCCCS1. The number of carbonyl (C=O) groups excluding carboxylic acids is 1. The molecule has 0 amide bonds. The zero-order valence-electron chi connectivity index (χ0n) is 11.4. The summed E-state index contributed by atoms with van der Waals surface area (Å²) in [5.41, 5.74) is 2.92. The molecule has 1 nitrogen and oxygen atoms in total. The highest BCUT2D eigenvalue weighted by Gasteiger charge is 2.27. The smallest absolute Gasteiger partial charge is 0.146 e. The molecule has 2 unspecified atom stereocenters. The molecule has 1 saturated heterocycles. The first kappa shape index (κ1) is 13.2. The average molecular weight is 274 g/mol. The van der Waals surface area contributed by atoms with E-state index in [1.807, 2.05) is 11.8 Å². The Morgan fingerprint density at radius 2 is 2.05 bits per heavy atom. The first-order valence-corrected chi connectivity index (χ1v) is 8.61. The molecule has 1 aromatic carbocycles. The van der Waals surface area contributed by atoms with Crippen molar-refractivity contribution in [2.45, 2.75) is 56.1 Å². The first-order valence-electron chi connectivity index (χ1n) is 7.57. The van der Waals surface area contributed by atoms with Gasteiger partial charge >= 0.3 is 0 Å². The number of benzene rings is 1. The molecule has 1 heterocycles. The quantitative estimate of drug-likeness (QED) is 0.815. The van der Waals surface area contributed by atoms with Gasteiger partial charge in [0.05, 0.1) is 5.25 Å². The highest BCUT2D eigenvalue weighted by atomic mass is 32.2. The Bertz CT molecular complexity index is 448. The lowest BCUT2D eigenvalue weighted by molar-refractivity contribution is -0.119. The summed E-state index contributed by atoms with van der Waals surface area (Å²) in [5.74, 6) is 2.17. The van der Waals surface area contributed by atoms with Crippen molar-refractivity contribution < 1.29 is 4.79 Å². The Labute approximate surface area is 120 Å². The predicted octanol–water partition coefficient (Wildman–Crippen LogP) is 4.35. The molecule has 0 spiro atoms. The summed E-state index contributed by atoms with van der Waals surface area (Å²) >= 11 is 1.89. The number of thioether (sulfide) groups is 1. The summed E-state index contributed by atoms with van der Waals surface area (Å²) < 4.78 is 0. The van der Waals surface area contributed by atoms with Gasteiger partial charge in [-0.1, -0.05) is 30.7 Å². The zero-order valence-corrected chi connectivity index (χ0v) is 12.3. The van der Waals surface area contributed by atoms with Gasteiger partial charge in [-0.3, -0.25) is 4.79 Å². The molecule has 19 heavy (non-hydrogen) atoms. The molecule has 0 saturated carbocycles. The van der Waals surface area contributed by atoms with E-state index in [4.69, 9.17) is 0 Å². The van der Waals surface area contributed by atoms with E-state index < -0.39 is 0 Å². The summed E-state index contributed by atoms with van der Waals surface area (Å²) in [4.78, 5) is 12.5. The van der Waals surface area contributed by atoms with Gasteiger partial charge in [0.25, 0.3) is 0 Å². The number of aryl methyl sites for hydroxylation is 1. The minimum Gasteiger partial charge on any atom is -0.298 e. The second kappa shape index (κ2) is 6.13. The Balaban J connectivity index is 1.68. The second-order valence-electron chi connectivity index (χ2n) is 5.81. The van der Waals surface area contributed by atoms with Crippen LogP contribution in [0.3, 0.4) is 0 Å². The van der Waals surface area contributed by atoms with Gasteiger partial charge in [0, 0.05) is 6.42 Å². The van der Waals surface area contributed by atoms with Crippen molar-refractivity contribution in [3.63, 3.8) is 0 Å². The number of rotatable bonds is 3. The minimum atomic E-state index is 0.294. The summed E-state index contributed by atoms with van der Waals surface area (Å²) in [6.07, 6.45) is 8.05. The van der Waals surface area contributed by atoms with E-state index in [0.29, 0.717) is 17.0 Å². The predicted molar refractivity (Wildman–Crippen MR) is 81.8 cm³/mol. The van der Waals surface area contributed by atoms with E-state index in [2.05, 4.69) is 24.3 Å². The molecular weight excluding hydrogens is 252 g/mol. The minimum absolute atomic E-state index is 0.294.